The molecule has 3 rings (SSSR count). The Bertz CT molecular complexity index is 1290. The molecule has 9 heteroatoms. The summed E-state index contributed by atoms with van der Waals surface area (Å²) in [5, 5.41) is 14.7. The number of carbonyl (C=O) groups is 2. The van der Waals surface area contributed by atoms with Crippen LogP contribution in [0.2, 0.25) is 0 Å². The summed E-state index contributed by atoms with van der Waals surface area (Å²) in [7, 11) is 1.15. The number of nitrogens with one attached hydrogen (secondary N) is 1. The number of rotatable bonds is 6. The van der Waals surface area contributed by atoms with Crippen LogP contribution in [0.15, 0.2) is 48.5 Å². The Morgan fingerprint density at radius 2 is 1.54 bits per heavy atom. The van der Waals surface area contributed by atoms with E-state index >= 15 is 0 Å². The molecule has 0 unspecified atom stereocenters. The zero-order chi connectivity index (χ0) is 26.0. The van der Waals surface area contributed by atoms with Gasteiger partial charge in [0, 0.05) is 12.7 Å². The first kappa shape index (κ1) is 25.5. The van der Waals surface area contributed by atoms with Crippen LogP contribution in [0.25, 0.3) is 0 Å². The number of amides is 2. The van der Waals surface area contributed by atoms with Gasteiger partial charge in [0.2, 0.25) is 0 Å². The van der Waals surface area contributed by atoms with E-state index in [1.165, 1.54) is 18.2 Å². The number of nitro benzene ring substituents is 1. The van der Waals surface area contributed by atoms with Gasteiger partial charge in [-0.05, 0) is 60.7 Å². The van der Waals surface area contributed by atoms with Crippen LogP contribution >= 0.6 is 0 Å². The van der Waals surface area contributed by atoms with Crippen molar-refractivity contribution in [2.24, 2.45) is 0 Å². The van der Waals surface area contributed by atoms with E-state index in [0.29, 0.717) is 5.69 Å². The second kappa shape index (κ2) is 10.0. The van der Waals surface area contributed by atoms with Gasteiger partial charge < -0.3 is 10.2 Å². The van der Waals surface area contributed by atoms with Gasteiger partial charge in [-0.25, -0.2) is 8.78 Å². The third kappa shape index (κ3) is 5.03. The molecule has 7 nitrogen and oxygen atoms in total. The summed E-state index contributed by atoms with van der Waals surface area (Å²) >= 11 is 0. The van der Waals surface area contributed by atoms with Crippen LogP contribution < -0.4 is 10.2 Å². The maximum absolute atomic E-state index is 14.2. The number of carbonyl (C=O) groups excluding carboxylic acids is 2. The van der Waals surface area contributed by atoms with E-state index in [1.807, 2.05) is 39.8 Å². The molecule has 0 heterocycles. The van der Waals surface area contributed by atoms with Crippen LogP contribution in [0.1, 0.15) is 57.2 Å². The largest absolute Gasteiger partial charge is 0.321 e. The van der Waals surface area contributed by atoms with Crippen LogP contribution in [-0.2, 0) is 0 Å². The molecule has 3 aromatic carbocycles. The second-order valence-corrected chi connectivity index (χ2v) is 8.53. The van der Waals surface area contributed by atoms with Crippen molar-refractivity contribution in [3.63, 3.8) is 0 Å². The van der Waals surface area contributed by atoms with Crippen LogP contribution in [-0.4, -0.2) is 23.8 Å². The fraction of sp³-hybridized carbons (Fsp3) is 0.231. The monoisotopic (exact) mass is 481 g/mol. The molecule has 182 valence electrons. The molecule has 1 N–H and O–H groups in total. The minimum Gasteiger partial charge on any atom is -0.321 e. The highest BCUT2D eigenvalue weighted by molar-refractivity contribution is 6.12. The number of halogens is 2. The molecule has 3 aromatic rings. The van der Waals surface area contributed by atoms with Crippen molar-refractivity contribution in [2.75, 3.05) is 17.3 Å². The minimum absolute atomic E-state index is 0.279. The predicted octanol–water partition coefficient (Wildman–Crippen LogP) is 6.14. The van der Waals surface area contributed by atoms with Crippen molar-refractivity contribution in [3.05, 3.63) is 98.1 Å². The van der Waals surface area contributed by atoms with Gasteiger partial charge in [-0.2, -0.15) is 0 Å². The molecular weight excluding hydrogens is 456 g/mol. The molecule has 0 atom stereocenters. The normalized spacial score (nSPS) is 10.9. The molecule has 0 saturated carbocycles. The summed E-state index contributed by atoms with van der Waals surface area (Å²) in [4.78, 5) is 37.9. The van der Waals surface area contributed by atoms with Crippen molar-refractivity contribution in [1.29, 1.82) is 0 Å². The third-order valence-corrected chi connectivity index (χ3v) is 5.74. The number of anilines is 2. The standard InChI is InChI=1S/C26H25F2N3O4/c1-14(2)17-12-15(3)23(16(4)13-17)29-25(32)18-8-6-11-21(24(18)31(34)35)30(5)26(33)22-19(27)9-7-10-20(22)28/h6-14H,1-5H3,(H,29,32). The molecule has 0 fully saturated rings. The lowest BCUT2D eigenvalue weighted by molar-refractivity contribution is -0.384. The van der Waals surface area contributed by atoms with E-state index in [9.17, 15) is 28.5 Å². The van der Waals surface area contributed by atoms with Gasteiger partial charge >= 0.3 is 5.69 Å². The highest BCUT2D eigenvalue weighted by Gasteiger charge is 2.31. The molecule has 0 spiro atoms. The topological polar surface area (TPSA) is 92.6 Å². The molecule has 2 amide bonds. The Balaban J connectivity index is 2.04. The molecule has 0 radical (unpaired) electrons. The molecule has 35 heavy (non-hydrogen) atoms. The van der Waals surface area contributed by atoms with Gasteiger partial charge in [-0.3, -0.25) is 19.7 Å². The van der Waals surface area contributed by atoms with Gasteiger partial charge in [-0.15, -0.1) is 0 Å². The van der Waals surface area contributed by atoms with Crippen LogP contribution in [0.4, 0.5) is 25.8 Å². The quantitative estimate of drug-likeness (QED) is 0.338. The summed E-state index contributed by atoms with van der Waals surface area (Å²) in [6, 6.07) is 10.7. The highest BCUT2D eigenvalue weighted by atomic mass is 19.1. The van der Waals surface area contributed by atoms with E-state index < -0.39 is 39.6 Å². The summed E-state index contributed by atoms with van der Waals surface area (Å²) < 4.78 is 28.3. The van der Waals surface area contributed by atoms with Gasteiger partial charge in [0.15, 0.2) is 0 Å². The Hall–Kier alpha value is -4.14. The van der Waals surface area contributed by atoms with Crippen LogP contribution in [0, 0.1) is 35.6 Å². The second-order valence-electron chi connectivity index (χ2n) is 8.53. The first-order valence-electron chi connectivity index (χ1n) is 10.9. The maximum Gasteiger partial charge on any atom is 0.305 e. The Labute approximate surface area is 201 Å². The molecule has 0 aliphatic heterocycles. The average molecular weight is 481 g/mol. The smallest absolute Gasteiger partial charge is 0.305 e. The average Bonchev–Trinajstić information content (AvgIpc) is 2.79. The van der Waals surface area contributed by atoms with Crippen molar-refractivity contribution in [1.82, 2.24) is 0 Å². The van der Waals surface area contributed by atoms with Crippen molar-refractivity contribution >= 4 is 28.9 Å². The Kier molecular flexibility index (Phi) is 7.28. The van der Waals surface area contributed by atoms with Crippen molar-refractivity contribution in [3.8, 4) is 0 Å². The lowest BCUT2D eigenvalue weighted by Gasteiger charge is -2.20. The summed E-state index contributed by atoms with van der Waals surface area (Å²) in [5.41, 5.74) is 1.11. The Morgan fingerprint density at radius 3 is 2.06 bits per heavy atom. The van der Waals surface area contributed by atoms with E-state index in [2.05, 4.69) is 5.32 Å². The SMILES string of the molecule is Cc1cc(C(C)C)cc(C)c1NC(=O)c1cccc(N(C)C(=O)c2c(F)cccc2F)c1[N+](=O)[O-]. The predicted molar refractivity (Wildman–Crippen MR) is 130 cm³/mol. The summed E-state index contributed by atoms with van der Waals surface area (Å²) in [5.74, 6) is -3.80. The van der Waals surface area contributed by atoms with Crippen LogP contribution in [0.3, 0.4) is 0 Å². The third-order valence-electron chi connectivity index (χ3n) is 5.74. The van der Waals surface area contributed by atoms with E-state index in [1.54, 1.807) is 0 Å². The number of hydrogen-bond donors (Lipinski definition) is 1. The van der Waals surface area contributed by atoms with Crippen LogP contribution in [0.5, 0.6) is 0 Å². The number of nitrogens with zero attached hydrogens (tertiary/aromatic N) is 2. The molecule has 0 aromatic heterocycles. The number of benzene rings is 3. The molecule has 0 aliphatic carbocycles. The number of hydrogen-bond acceptors (Lipinski definition) is 4. The number of nitro groups is 1. The molecular formula is C26H25F2N3O4. The zero-order valence-corrected chi connectivity index (χ0v) is 20.0. The van der Waals surface area contributed by atoms with Crippen molar-refractivity contribution in [2.45, 2.75) is 33.6 Å². The maximum atomic E-state index is 14.2. The fourth-order valence-electron chi connectivity index (χ4n) is 3.86. The molecule has 0 saturated heterocycles. The molecule has 0 aliphatic rings. The summed E-state index contributed by atoms with van der Waals surface area (Å²) in [6.07, 6.45) is 0. The van der Waals surface area contributed by atoms with E-state index in [-0.39, 0.29) is 17.2 Å². The minimum atomic E-state index is -1.13. The first-order chi connectivity index (χ1) is 16.4. The van der Waals surface area contributed by atoms with Gasteiger partial charge in [-0.1, -0.05) is 38.1 Å². The number of aryl methyl sites for hydroxylation is 2. The highest BCUT2D eigenvalue weighted by Crippen LogP contribution is 2.34. The van der Waals surface area contributed by atoms with E-state index in [4.69, 9.17) is 0 Å². The van der Waals surface area contributed by atoms with Gasteiger partial charge in [0.05, 0.1) is 4.92 Å². The summed E-state index contributed by atoms with van der Waals surface area (Å²) in [6.45, 7) is 7.75. The zero-order valence-electron chi connectivity index (χ0n) is 20.0. The van der Waals surface area contributed by atoms with Crippen molar-refractivity contribution < 1.29 is 23.3 Å². The Morgan fingerprint density at radius 1 is 1.00 bits per heavy atom. The number of para-hydroxylation sites is 1. The lowest BCUT2D eigenvalue weighted by atomic mass is 9.96. The van der Waals surface area contributed by atoms with E-state index in [0.717, 1.165) is 46.8 Å². The first-order valence-corrected chi connectivity index (χ1v) is 10.9. The fourth-order valence-corrected chi connectivity index (χ4v) is 3.86. The van der Waals surface area contributed by atoms with Gasteiger partial charge in [0.25, 0.3) is 11.8 Å². The molecule has 0 bridgehead atoms. The van der Waals surface area contributed by atoms with Gasteiger partial charge in [0.1, 0.15) is 28.4 Å². The lowest BCUT2D eigenvalue weighted by Crippen LogP contribution is -2.29.